The van der Waals surface area contributed by atoms with Crippen molar-refractivity contribution in [3.8, 4) is 0 Å². The minimum absolute atomic E-state index is 0.103. The van der Waals surface area contributed by atoms with Gasteiger partial charge in [0.05, 0.1) is 26.4 Å². The molecule has 0 aromatic rings. The minimum Gasteiger partial charge on any atom is -0.462 e. The molecule has 0 spiro atoms. The summed E-state index contributed by atoms with van der Waals surface area (Å²) < 4.78 is 68.5. The van der Waals surface area contributed by atoms with Crippen LogP contribution in [0.4, 0.5) is 0 Å². The molecule has 0 saturated heterocycles. The van der Waals surface area contributed by atoms with E-state index in [0.717, 1.165) is 120 Å². The lowest BCUT2D eigenvalue weighted by molar-refractivity contribution is -0.161. The molecule has 19 heteroatoms. The third-order valence-electron chi connectivity index (χ3n) is 18.0. The third kappa shape index (κ3) is 66.0. The number of rotatable bonds is 72. The van der Waals surface area contributed by atoms with Crippen LogP contribution in [0.15, 0.2) is 0 Å². The zero-order valence-electron chi connectivity index (χ0n) is 61.6. The lowest BCUT2D eigenvalue weighted by Gasteiger charge is -2.21. The van der Waals surface area contributed by atoms with E-state index >= 15 is 0 Å². The second-order valence-electron chi connectivity index (χ2n) is 28.5. The number of hydrogen-bond donors (Lipinski definition) is 3. The number of carbonyl (C=O) groups excluding carboxylic acids is 4. The topological polar surface area (TPSA) is 237 Å². The summed E-state index contributed by atoms with van der Waals surface area (Å²) >= 11 is 0. The Bertz CT molecular complexity index is 1850. The van der Waals surface area contributed by atoms with Gasteiger partial charge in [-0.3, -0.25) is 37.3 Å². The zero-order chi connectivity index (χ0) is 69.6. The molecule has 0 aliphatic heterocycles. The molecular weight excluding hydrogens is 1230 g/mol. The van der Waals surface area contributed by atoms with Crippen LogP contribution in [-0.2, 0) is 65.4 Å². The smallest absolute Gasteiger partial charge is 0.462 e. The van der Waals surface area contributed by atoms with Crippen molar-refractivity contribution < 1.29 is 80.2 Å². The van der Waals surface area contributed by atoms with Gasteiger partial charge >= 0.3 is 39.5 Å². The fraction of sp³-hybridized carbons (Fsp3) is 0.947. The monoisotopic (exact) mass is 1380 g/mol. The first-order valence-electron chi connectivity index (χ1n) is 38.8. The largest absolute Gasteiger partial charge is 0.472 e. The van der Waals surface area contributed by atoms with Gasteiger partial charge in [0, 0.05) is 25.7 Å². The summed E-state index contributed by atoms with van der Waals surface area (Å²) in [5, 5.41) is 10.6. The molecule has 0 aliphatic carbocycles. The molecule has 17 nitrogen and oxygen atoms in total. The highest BCUT2D eigenvalue weighted by Crippen LogP contribution is 2.45. The summed E-state index contributed by atoms with van der Waals surface area (Å²) in [7, 11) is -9.91. The van der Waals surface area contributed by atoms with Gasteiger partial charge in [0.15, 0.2) is 12.2 Å². The van der Waals surface area contributed by atoms with Crippen molar-refractivity contribution in [2.75, 3.05) is 39.6 Å². The Labute approximate surface area is 575 Å². The van der Waals surface area contributed by atoms with Crippen LogP contribution in [0.3, 0.4) is 0 Å². The van der Waals surface area contributed by atoms with Crippen molar-refractivity contribution in [1.82, 2.24) is 0 Å². The molecule has 0 aromatic heterocycles. The van der Waals surface area contributed by atoms with E-state index in [4.69, 9.17) is 37.0 Å². The number of aliphatic hydroxyl groups is 1. The maximum absolute atomic E-state index is 13.1. The van der Waals surface area contributed by atoms with E-state index in [1.54, 1.807) is 0 Å². The Kier molecular flexibility index (Phi) is 63.1. The van der Waals surface area contributed by atoms with E-state index in [-0.39, 0.29) is 25.7 Å². The van der Waals surface area contributed by atoms with Gasteiger partial charge in [0.25, 0.3) is 0 Å². The van der Waals surface area contributed by atoms with Gasteiger partial charge in [0.1, 0.15) is 19.3 Å². The molecular formula is C75H146O17P2. The van der Waals surface area contributed by atoms with Crippen LogP contribution >= 0.6 is 15.6 Å². The van der Waals surface area contributed by atoms with Gasteiger partial charge < -0.3 is 33.8 Å². The first-order chi connectivity index (χ1) is 45.2. The number of esters is 4. The number of ether oxygens (including phenoxy) is 4. The molecule has 0 bridgehead atoms. The second kappa shape index (κ2) is 64.4. The quantitative estimate of drug-likeness (QED) is 0.0222. The Morgan fingerprint density at radius 1 is 0.298 bits per heavy atom. The Hall–Kier alpha value is -1.94. The first kappa shape index (κ1) is 92.1. The maximum atomic E-state index is 13.1. The van der Waals surface area contributed by atoms with Crippen molar-refractivity contribution in [3.05, 3.63) is 0 Å². The van der Waals surface area contributed by atoms with Crippen LogP contribution < -0.4 is 0 Å². The van der Waals surface area contributed by atoms with E-state index in [1.807, 2.05) is 0 Å². The number of aliphatic hydroxyl groups excluding tert-OH is 1. The van der Waals surface area contributed by atoms with Gasteiger partial charge in [-0.2, -0.15) is 0 Å². The van der Waals surface area contributed by atoms with Gasteiger partial charge in [0.2, 0.25) is 0 Å². The zero-order valence-corrected chi connectivity index (χ0v) is 63.4. The molecule has 558 valence electrons. The number of unbranched alkanes of at least 4 members (excludes halogenated alkanes) is 36. The standard InChI is InChI=1S/C75H146O17P2/c1-9-67(7)53-45-37-29-22-18-13-11-12-14-19-23-30-39-47-55-72(77)85-61-70(91-74(79)57-49-41-31-24-20-16-15-17-21-27-35-43-51-65(3)4)63-89-93(81,82)87-59-69(76)60-88-94(83,84)90-64-71(62-86-73(78)56-48-40-34-33-38-46-54-68(8)10-2)92-75(80)58-50-42-32-26-25-28-36-44-52-66(5)6/h65-71,76H,9-64H2,1-8H3,(H,81,82)(H,83,84)/t67?,68?,69-,70-,71-/m1/s1. The summed E-state index contributed by atoms with van der Waals surface area (Å²) in [6.45, 7) is 14.2. The molecule has 0 aliphatic rings. The minimum atomic E-state index is -4.96. The molecule has 0 amide bonds. The SMILES string of the molecule is CCC(C)CCCCCCCCCCCCCCCCC(=O)OC[C@H](COP(=O)(O)OC[C@@H](O)COP(=O)(O)OC[C@@H](COC(=O)CCCCCCCCC(C)CC)OC(=O)CCCCCCCCCCC(C)C)OC(=O)CCCCCCCCCCCCCCC(C)C. The molecule has 0 fully saturated rings. The summed E-state index contributed by atoms with van der Waals surface area (Å²) in [5.74, 6) is 0.951. The van der Waals surface area contributed by atoms with Crippen molar-refractivity contribution in [2.24, 2.45) is 23.7 Å². The van der Waals surface area contributed by atoms with E-state index in [1.165, 1.54) is 173 Å². The Balaban J connectivity index is 5.24. The Morgan fingerprint density at radius 3 is 0.755 bits per heavy atom. The van der Waals surface area contributed by atoms with Crippen molar-refractivity contribution in [3.63, 3.8) is 0 Å². The van der Waals surface area contributed by atoms with Crippen LogP contribution in [0, 0.1) is 23.7 Å². The van der Waals surface area contributed by atoms with E-state index in [9.17, 15) is 43.2 Å². The summed E-state index contributed by atoms with van der Waals surface area (Å²) in [6, 6.07) is 0. The van der Waals surface area contributed by atoms with E-state index in [0.29, 0.717) is 25.7 Å². The number of carbonyl (C=O) groups is 4. The summed E-state index contributed by atoms with van der Waals surface area (Å²) in [5.41, 5.74) is 0. The number of hydrogen-bond acceptors (Lipinski definition) is 15. The second-order valence-corrected chi connectivity index (χ2v) is 31.4. The molecule has 94 heavy (non-hydrogen) atoms. The van der Waals surface area contributed by atoms with Gasteiger partial charge in [-0.25, -0.2) is 9.13 Å². The van der Waals surface area contributed by atoms with Gasteiger partial charge in [-0.15, -0.1) is 0 Å². The lowest BCUT2D eigenvalue weighted by atomic mass is 9.99. The third-order valence-corrected chi connectivity index (χ3v) is 19.9. The highest BCUT2D eigenvalue weighted by atomic mass is 31.2. The predicted octanol–water partition coefficient (Wildman–Crippen LogP) is 21.7. The lowest BCUT2D eigenvalue weighted by Crippen LogP contribution is -2.30. The van der Waals surface area contributed by atoms with Crippen LogP contribution in [0.2, 0.25) is 0 Å². The van der Waals surface area contributed by atoms with Crippen LogP contribution in [0.1, 0.15) is 376 Å². The van der Waals surface area contributed by atoms with E-state index < -0.39 is 97.5 Å². The first-order valence-corrected chi connectivity index (χ1v) is 41.8. The molecule has 3 N–H and O–H groups in total. The molecule has 0 aromatic carbocycles. The van der Waals surface area contributed by atoms with Crippen LogP contribution in [-0.4, -0.2) is 96.7 Å². The molecule has 0 heterocycles. The number of phosphoric acid groups is 2. The van der Waals surface area contributed by atoms with Crippen molar-refractivity contribution in [2.45, 2.75) is 395 Å². The molecule has 7 atom stereocenters. The average molecular weight is 1380 g/mol. The molecule has 4 unspecified atom stereocenters. The highest BCUT2D eigenvalue weighted by molar-refractivity contribution is 7.47. The molecule has 0 rings (SSSR count). The van der Waals surface area contributed by atoms with Crippen LogP contribution in [0.5, 0.6) is 0 Å². The van der Waals surface area contributed by atoms with E-state index in [2.05, 4.69) is 55.4 Å². The van der Waals surface area contributed by atoms with Crippen molar-refractivity contribution >= 4 is 39.5 Å². The molecule has 0 saturated carbocycles. The summed E-state index contributed by atoms with van der Waals surface area (Å²) in [4.78, 5) is 72.7. The normalized spacial score (nSPS) is 14.7. The molecule has 0 radical (unpaired) electrons. The van der Waals surface area contributed by atoms with Gasteiger partial charge in [-0.05, 0) is 49.4 Å². The predicted molar refractivity (Wildman–Crippen MR) is 381 cm³/mol. The Morgan fingerprint density at radius 2 is 0.511 bits per heavy atom. The summed E-state index contributed by atoms with van der Waals surface area (Å²) in [6.07, 6.45) is 48.6. The average Bonchev–Trinajstić information content (AvgIpc) is 3.41. The van der Waals surface area contributed by atoms with Gasteiger partial charge in [-0.1, -0.05) is 325 Å². The number of phosphoric ester groups is 2. The fourth-order valence-corrected chi connectivity index (χ4v) is 12.9. The van der Waals surface area contributed by atoms with Crippen LogP contribution in [0.25, 0.3) is 0 Å². The highest BCUT2D eigenvalue weighted by Gasteiger charge is 2.30. The van der Waals surface area contributed by atoms with Crippen molar-refractivity contribution in [1.29, 1.82) is 0 Å². The maximum Gasteiger partial charge on any atom is 0.472 e. The fourth-order valence-electron chi connectivity index (χ4n) is 11.3.